The Labute approximate surface area is 166 Å². The normalized spacial score (nSPS) is 10.2. The molecule has 25 heavy (non-hydrogen) atoms. The molecule has 0 saturated carbocycles. The number of hydrogen-bond donors (Lipinski definition) is 2. The van der Waals surface area contributed by atoms with Gasteiger partial charge in [0.05, 0.1) is 10.2 Å². The molecule has 0 atom stereocenters. The van der Waals surface area contributed by atoms with Gasteiger partial charge in [0.1, 0.15) is 6.61 Å². The second kappa shape index (κ2) is 9.00. The standard InChI is InChI=1S/C18H19IN2O3S/c1-3-23-15-9-13(17(22)21-18(20)25)8-14(19)16(15)24-10-12-7-5-4-6-11(12)2/h4-9H,3,10H2,1-2H3,(H3,20,21,22,25). The van der Waals surface area contributed by atoms with Crippen molar-refractivity contribution in [3.8, 4) is 11.5 Å². The van der Waals surface area contributed by atoms with Gasteiger partial charge in [-0.3, -0.25) is 10.1 Å². The number of amides is 1. The highest BCUT2D eigenvalue weighted by Gasteiger charge is 2.16. The Morgan fingerprint density at radius 2 is 2.00 bits per heavy atom. The lowest BCUT2D eigenvalue weighted by Crippen LogP contribution is -2.34. The van der Waals surface area contributed by atoms with Crippen LogP contribution in [0.15, 0.2) is 36.4 Å². The third-order valence-corrected chi connectivity index (χ3v) is 4.34. The lowest BCUT2D eigenvalue weighted by Gasteiger charge is -2.16. The first-order valence-electron chi connectivity index (χ1n) is 7.66. The van der Waals surface area contributed by atoms with Crippen molar-refractivity contribution in [2.45, 2.75) is 20.5 Å². The highest BCUT2D eigenvalue weighted by Crippen LogP contribution is 2.35. The average Bonchev–Trinajstić information content (AvgIpc) is 2.55. The van der Waals surface area contributed by atoms with Crippen molar-refractivity contribution in [1.82, 2.24) is 5.32 Å². The van der Waals surface area contributed by atoms with E-state index in [-0.39, 0.29) is 11.0 Å². The number of carbonyl (C=O) groups is 1. The molecule has 0 aliphatic carbocycles. The van der Waals surface area contributed by atoms with E-state index in [1.165, 1.54) is 0 Å². The van der Waals surface area contributed by atoms with Gasteiger partial charge in [-0.05, 0) is 71.9 Å². The van der Waals surface area contributed by atoms with Crippen molar-refractivity contribution in [3.63, 3.8) is 0 Å². The van der Waals surface area contributed by atoms with Gasteiger partial charge in [-0.25, -0.2) is 0 Å². The van der Waals surface area contributed by atoms with Crippen LogP contribution in [0.25, 0.3) is 0 Å². The molecule has 1 amide bonds. The van der Waals surface area contributed by atoms with Gasteiger partial charge >= 0.3 is 0 Å². The van der Waals surface area contributed by atoms with Crippen LogP contribution in [0, 0.1) is 10.5 Å². The summed E-state index contributed by atoms with van der Waals surface area (Å²) in [5.41, 5.74) is 8.02. The van der Waals surface area contributed by atoms with Gasteiger partial charge in [0, 0.05) is 5.56 Å². The van der Waals surface area contributed by atoms with Crippen LogP contribution in [0.1, 0.15) is 28.4 Å². The molecule has 5 nitrogen and oxygen atoms in total. The van der Waals surface area contributed by atoms with Gasteiger partial charge in [-0.1, -0.05) is 24.3 Å². The Morgan fingerprint density at radius 3 is 2.64 bits per heavy atom. The molecule has 2 aromatic carbocycles. The van der Waals surface area contributed by atoms with Gasteiger partial charge < -0.3 is 15.2 Å². The Hall–Kier alpha value is -1.87. The van der Waals surface area contributed by atoms with E-state index in [0.717, 1.165) is 14.7 Å². The molecular formula is C18H19IN2O3S. The van der Waals surface area contributed by atoms with Gasteiger partial charge in [-0.2, -0.15) is 0 Å². The topological polar surface area (TPSA) is 73.6 Å². The molecule has 0 aromatic heterocycles. The molecule has 3 N–H and O–H groups in total. The van der Waals surface area contributed by atoms with Crippen molar-refractivity contribution in [1.29, 1.82) is 0 Å². The van der Waals surface area contributed by atoms with Crippen molar-refractivity contribution in [2.24, 2.45) is 5.73 Å². The number of nitrogens with one attached hydrogen (secondary N) is 1. The van der Waals surface area contributed by atoms with E-state index >= 15 is 0 Å². The molecule has 132 valence electrons. The third-order valence-electron chi connectivity index (χ3n) is 3.44. The number of carbonyl (C=O) groups excluding carboxylic acids is 1. The molecule has 0 aliphatic rings. The maximum atomic E-state index is 12.1. The molecule has 2 aromatic rings. The summed E-state index contributed by atoms with van der Waals surface area (Å²) in [6.45, 7) is 4.79. The summed E-state index contributed by atoms with van der Waals surface area (Å²) in [6.07, 6.45) is 0. The summed E-state index contributed by atoms with van der Waals surface area (Å²) in [5, 5.41) is 2.34. The van der Waals surface area contributed by atoms with Crippen LogP contribution < -0.4 is 20.5 Å². The summed E-state index contributed by atoms with van der Waals surface area (Å²) in [4.78, 5) is 12.1. The van der Waals surface area contributed by atoms with Crippen LogP contribution in [-0.4, -0.2) is 17.6 Å². The number of rotatable bonds is 6. The Kier molecular flexibility index (Phi) is 7.01. The predicted octanol–water partition coefficient (Wildman–Crippen LogP) is 3.55. The first kappa shape index (κ1) is 19.5. The quantitative estimate of drug-likeness (QED) is 0.499. The Balaban J connectivity index is 2.29. The minimum atomic E-state index is -0.378. The number of thiocarbonyl (C=S) groups is 1. The van der Waals surface area contributed by atoms with Gasteiger partial charge in [0.2, 0.25) is 0 Å². The van der Waals surface area contributed by atoms with Crippen LogP contribution in [0.4, 0.5) is 0 Å². The van der Waals surface area contributed by atoms with E-state index in [0.29, 0.717) is 30.3 Å². The minimum Gasteiger partial charge on any atom is -0.490 e. The van der Waals surface area contributed by atoms with Crippen molar-refractivity contribution < 1.29 is 14.3 Å². The Morgan fingerprint density at radius 1 is 1.28 bits per heavy atom. The summed E-state index contributed by atoms with van der Waals surface area (Å²) in [5.74, 6) is 0.741. The summed E-state index contributed by atoms with van der Waals surface area (Å²) in [6, 6.07) is 11.4. The zero-order valence-corrected chi connectivity index (χ0v) is 16.9. The monoisotopic (exact) mass is 470 g/mol. The summed E-state index contributed by atoms with van der Waals surface area (Å²) < 4.78 is 12.4. The van der Waals surface area contributed by atoms with E-state index in [2.05, 4.69) is 27.9 Å². The molecule has 0 spiro atoms. The number of hydrogen-bond acceptors (Lipinski definition) is 4. The number of halogens is 1. The molecule has 0 fully saturated rings. The molecule has 0 bridgehead atoms. The third kappa shape index (κ3) is 5.30. The lowest BCUT2D eigenvalue weighted by atomic mass is 10.1. The molecule has 0 heterocycles. The lowest BCUT2D eigenvalue weighted by molar-refractivity contribution is 0.0977. The molecular weight excluding hydrogens is 451 g/mol. The molecule has 7 heteroatoms. The van der Waals surface area contributed by atoms with Crippen LogP contribution >= 0.6 is 34.8 Å². The van der Waals surface area contributed by atoms with Crippen molar-refractivity contribution >= 4 is 45.8 Å². The minimum absolute atomic E-state index is 0.0714. The van der Waals surface area contributed by atoms with Crippen molar-refractivity contribution in [3.05, 3.63) is 56.7 Å². The van der Waals surface area contributed by atoms with Gasteiger partial charge in [-0.15, -0.1) is 0 Å². The first-order chi connectivity index (χ1) is 11.9. The zero-order chi connectivity index (χ0) is 18.4. The molecule has 0 unspecified atom stereocenters. The smallest absolute Gasteiger partial charge is 0.257 e. The fraction of sp³-hybridized carbons (Fsp3) is 0.222. The van der Waals surface area contributed by atoms with Crippen molar-refractivity contribution in [2.75, 3.05) is 6.61 Å². The molecule has 0 aliphatic heterocycles. The van der Waals surface area contributed by atoms with Crippen LogP contribution in [0.3, 0.4) is 0 Å². The fourth-order valence-corrected chi connectivity index (χ4v) is 3.06. The van der Waals surface area contributed by atoms with Crippen LogP contribution in [-0.2, 0) is 6.61 Å². The van der Waals surface area contributed by atoms with Gasteiger partial charge in [0.15, 0.2) is 16.6 Å². The highest BCUT2D eigenvalue weighted by atomic mass is 127. The zero-order valence-electron chi connectivity index (χ0n) is 14.0. The van der Waals surface area contributed by atoms with Gasteiger partial charge in [0.25, 0.3) is 5.91 Å². The Bertz CT molecular complexity index is 796. The molecule has 2 rings (SSSR count). The number of aryl methyl sites for hydroxylation is 1. The summed E-state index contributed by atoms with van der Waals surface area (Å²) in [7, 11) is 0. The SMILES string of the molecule is CCOc1cc(C(=O)NC(N)=S)cc(I)c1OCc1ccccc1C. The summed E-state index contributed by atoms with van der Waals surface area (Å²) >= 11 is 6.83. The largest absolute Gasteiger partial charge is 0.490 e. The van der Waals surface area contributed by atoms with Crippen LogP contribution in [0.2, 0.25) is 0 Å². The van der Waals surface area contributed by atoms with E-state index in [9.17, 15) is 4.79 Å². The number of benzene rings is 2. The average molecular weight is 470 g/mol. The highest BCUT2D eigenvalue weighted by molar-refractivity contribution is 14.1. The van der Waals surface area contributed by atoms with Crippen LogP contribution in [0.5, 0.6) is 11.5 Å². The fourth-order valence-electron chi connectivity index (χ4n) is 2.21. The number of ether oxygens (including phenoxy) is 2. The molecule has 0 saturated heterocycles. The predicted molar refractivity (Wildman–Crippen MR) is 110 cm³/mol. The number of nitrogens with two attached hydrogens (primary N) is 1. The molecule has 0 radical (unpaired) electrons. The van der Waals surface area contributed by atoms with E-state index < -0.39 is 0 Å². The first-order valence-corrected chi connectivity index (χ1v) is 9.15. The second-order valence-electron chi connectivity index (χ2n) is 5.25. The second-order valence-corrected chi connectivity index (χ2v) is 6.85. The van der Waals surface area contributed by atoms with E-state index in [1.807, 2.05) is 38.1 Å². The van der Waals surface area contributed by atoms with E-state index in [1.54, 1.807) is 12.1 Å². The van der Waals surface area contributed by atoms with E-state index in [4.69, 9.17) is 27.4 Å². The maximum absolute atomic E-state index is 12.1. The maximum Gasteiger partial charge on any atom is 0.257 e.